The van der Waals surface area contributed by atoms with Crippen LogP contribution >= 0.6 is 0 Å². The van der Waals surface area contributed by atoms with E-state index in [2.05, 4.69) is 10.1 Å². The van der Waals surface area contributed by atoms with Gasteiger partial charge in [0.2, 0.25) is 0 Å². The van der Waals surface area contributed by atoms with Crippen LogP contribution in [0.2, 0.25) is 0 Å². The Morgan fingerprint density at radius 2 is 2.06 bits per heavy atom. The van der Waals surface area contributed by atoms with E-state index < -0.39 is 17.3 Å². The highest BCUT2D eigenvalue weighted by molar-refractivity contribution is 5.84. The lowest BCUT2D eigenvalue weighted by atomic mass is 10.0. The number of carbonyl (C=O) groups is 1. The van der Waals surface area contributed by atoms with Gasteiger partial charge < -0.3 is 14.8 Å². The molecule has 0 spiro atoms. The molecule has 0 saturated carbocycles. The summed E-state index contributed by atoms with van der Waals surface area (Å²) in [4.78, 5) is 11.7. The summed E-state index contributed by atoms with van der Waals surface area (Å²) in [5, 5.41) is 2.80. The van der Waals surface area contributed by atoms with Gasteiger partial charge in [0.25, 0.3) is 0 Å². The topological polar surface area (TPSA) is 47.6 Å². The predicted molar refractivity (Wildman–Crippen MR) is 62.3 cm³/mol. The molecule has 0 aliphatic heterocycles. The van der Waals surface area contributed by atoms with Gasteiger partial charge in [-0.3, -0.25) is 0 Å². The Bertz CT molecular complexity index is 397. The maximum atomic E-state index is 13.5. The Balaban J connectivity index is 2.94. The highest BCUT2D eigenvalue weighted by Crippen LogP contribution is 2.20. The summed E-state index contributed by atoms with van der Waals surface area (Å²) in [6, 6.07) is 6.11. The monoisotopic (exact) mass is 241 g/mol. The summed E-state index contributed by atoms with van der Waals surface area (Å²) in [6.07, 6.45) is 0. The minimum Gasteiger partial charge on any atom is -0.467 e. The van der Waals surface area contributed by atoms with Crippen molar-refractivity contribution in [3.8, 4) is 0 Å². The molecule has 0 bridgehead atoms. The van der Waals surface area contributed by atoms with E-state index in [1.165, 1.54) is 20.3 Å². The molecule has 0 fully saturated rings. The number of hydrogen-bond donors (Lipinski definition) is 1. The van der Waals surface area contributed by atoms with Crippen molar-refractivity contribution in [1.82, 2.24) is 0 Å². The third-order valence-electron chi connectivity index (χ3n) is 2.35. The lowest BCUT2D eigenvalue weighted by Crippen LogP contribution is -2.48. The molecule has 0 aromatic heterocycles. The number of hydrogen-bond acceptors (Lipinski definition) is 4. The molecule has 0 amide bonds. The maximum absolute atomic E-state index is 13.5. The van der Waals surface area contributed by atoms with E-state index in [9.17, 15) is 9.18 Å². The second kappa shape index (κ2) is 5.63. The second-order valence-corrected chi connectivity index (χ2v) is 3.86. The number of halogens is 1. The van der Waals surface area contributed by atoms with Gasteiger partial charge in [0, 0.05) is 7.11 Å². The Labute approximate surface area is 99.7 Å². The number of rotatable bonds is 5. The normalized spacial score (nSPS) is 13.9. The summed E-state index contributed by atoms with van der Waals surface area (Å²) in [5.41, 5.74) is -0.886. The van der Waals surface area contributed by atoms with Gasteiger partial charge in [0.1, 0.15) is 5.82 Å². The van der Waals surface area contributed by atoms with E-state index in [1.54, 1.807) is 25.1 Å². The van der Waals surface area contributed by atoms with Crippen LogP contribution in [0.1, 0.15) is 6.92 Å². The van der Waals surface area contributed by atoms with Crippen LogP contribution in [0.15, 0.2) is 24.3 Å². The first-order valence-electron chi connectivity index (χ1n) is 5.13. The summed E-state index contributed by atoms with van der Waals surface area (Å²) in [7, 11) is 2.74. The molecule has 0 aliphatic rings. The van der Waals surface area contributed by atoms with Crippen molar-refractivity contribution in [2.75, 3.05) is 26.1 Å². The van der Waals surface area contributed by atoms with Gasteiger partial charge in [-0.25, -0.2) is 9.18 Å². The molecule has 0 radical (unpaired) electrons. The number of methoxy groups -OCH3 is 2. The zero-order valence-corrected chi connectivity index (χ0v) is 10.1. The van der Waals surface area contributed by atoms with Gasteiger partial charge in [-0.1, -0.05) is 12.1 Å². The van der Waals surface area contributed by atoms with Crippen molar-refractivity contribution in [3.63, 3.8) is 0 Å². The smallest absolute Gasteiger partial charge is 0.333 e. The van der Waals surface area contributed by atoms with Crippen molar-refractivity contribution in [2.24, 2.45) is 0 Å². The molecule has 0 heterocycles. The molecule has 17 heavy (non-hydrogen) atoms. The number of nitrogens with one attached hydrogen (secondary N) is 1. The average molecular weight is 241 g/mol. The van der Waals surface area contributed by atoms with Crippen LogP contribution in [0.4, 0.5) is 10.1 Å². The fourth-order valence-corrected chi connectivity index (χ4v) is 1.52. The molecule has 1 atom stereocenters. The molecule has 1 aromatic rings. The third-order valence-corrected chi connectivity index (χ3v) is 2.35. The molecule has 94 valence electrons. The molecule has 0 aliphatic carbocycles. The summed E-state index contributed by atoms with van der Waals surface area (Å²) in [5.74, 6) is -0.943. The number of benzene rings is 1. The van der Waals surface area contributed by atoms with Gasteiger partial charge in [-0.2, -0.15) is 0 Å². The zero-order valence-electron chi connectivity index (χ0n) is 10.1. The molecular weight excluding hydrogens is 225 g/mol. The molecule has 1 unspecified atom stereocenters. The van der Waals surface area contributed by atoms with Crippen LogP contribution in [-0.4, -0.2) is 32.3 Å². The summed E-state index contributed by atoms with van der Waals surface area (Å²) >= 11 is 0. The van der Waals surface area contributed by atoms with Crippen LogP contribution in [0.5, 0.6) is 0 Å². The van der Waals surface area contributed by atoms with E-state index in [1.807, 2.05) is 0 Å². The Morgan fingerprint density at radius 1 is 1.41 bits per heavy atom. The zero-order chi connectivity index (χ0) is 12.9. The van der Waals surface area contributed by atoms with Gasteiger partial charge in [0.05, 0.1) is 19.4 Å². The summed E-state index contributed by atoms with van der Waals surface area (Å²) in [6.45, 7) is 1.67. The van der Waals surface area contributed by atoms with Crippen LogP contribution in [0.3, 0.4) is 0 Å². The van der Waals surface area contributed by atoms with Crippen molar-refractivity contribution < 1.29 is 18.7 Å². The first-order valence-corrected chi connectivity index (χ1v) is 5.13. The molecule has 1 rings (SSSR count). The Kier molecular flexibility index (Phi) is 4.45. The average Bonchev–Trinajstić information content (AvgIpc) is 2.31. The molecule has 5 heteroatoms. The van der Waals surface area contributed by atoms with E-state index >= 15 is 0 Å². The second-order valence-electron chi connectivity index (χ2n) is 3.86. The Hall–Kier alpha value is -1.62. The molecule has 0 saturated heterocycles. The number of anilines is 1. The van der Waals surface area contributed by atoms with Gasteiger partial charge in [0.15, 0.2) is 5.54 Å². The van der Waals surface area contributed by atoms with Crippen LogP contribution < -0.4 is 5.32 Å². The van der Waals surface area contributed by atoms with E-state index in [4.69, 9.17) is 4.74 Å². The van der Waals surface area contributed by atoms with E-state index in [0.717, 1.165) is 0 Å². The SMILES string of the molecule is COCC(C)(Nc1ccccc1F)C(=O)OC. The molecular formula is C12H16FNO3. The highest BCUT2D eigenvalue weighted by atomic mass is 19.1. The van der Waals surface area contributed by atoms with Crippen LogP contribution in [0.25, 0.3) is 0 Å². The van der Waals surface area contributed by atoms with Crippen molar-refractivity contribution in [2.45, 2.75) is 12.5 Å². The van der Waals surface area contributed by atoms with Crippen molar-refractivity contribution >= 4 is 11.7 Å². The molecule has 1 aromatic carbocycles. The van der Waals surface area contributed by atoms with Crippen molar-refractivity contribution in [3.05, 3.63) is 30.1 Å². The number of para-hydroxylation sites is 1. The highest BCUT2D eigenvalue weighted by Gasteiger charge is 2.35. The fourth-order valence-electron chi connectivity index (χ4n) is 1.52. The van der Waals surface area contributed by atoms with Gasteiger partial charge in [-0.05, 0) is 19.1 Å². The lowest BCUT2D eigenvalue weighted by Gasteiger charge is -2.28. The summed E-state index contributed by atoms with van der Waals surface area (Å²) < 4.78 is 23.1. The Morgan fingerprint density at radius 3 is 2.59 bits per heavy atom. The van der Waals surface area contributed by atoms with Gasteiger partial charge in [-0.15, -0.1) is 0 Å². The minimum atomic E-state index is -1.12. The molecule has 4 nitrogen and oxygen atoms in total. The van der Waals surface area contributed by atoms with E-state index in [0.29, 0.717) is 0 Å². The third kappa shape index (κ3) is 3.17. The van der Waals surface area contributed by atoms with Crippen molar-refractivity contribution in [1.29, 1.82) is 0 Å². The first kappa shape index (κ1) is 13.4. The fraction of sp³-hybridized carbons (Fsp3) is 0.417. The number of esters is 1. The largest absolute Gasteiger partial charge is 0.467 e. The van der Waals surface area contributed by atoms with Crippen LogP contribution in [-0.2, 0) is 14.3 Å². The standard InChI is InChI=1S/C12H16FNO3/c1-12(8-16-2,11(15)17-3)14-10-7-5-4-6-9(10)13/h4-7,14H,8H2,1-3H3. The minimum absolute atomic E-state index is 0.0774. The maximum Gasteiger partial charge on any atom is 0.333 e. The van der Waals surface area contributed by atoms with Gasteiger partial charge >= 0.3 is 5.97 Å². The first-order chi connectivity index (χ1) is 8.03. The quantitative estimate of drug-likeness (QED) is 0.799. The van der Waals surface area contributed by atoms with E-state index in [-0.39, 0.29) is 12.3 Å². The van der Waals surface area contributed by atoms with Crippen LogP contribution in [0, 0.1) is 5.82 Å². The predicted octanol–water partition coefficient (Wildman–Crippen LogP) is 1.82. The lowest BCUT2D eigenvalue weighted by molar-refractivity contribution is -0.147. The molecule has 1 N–H and O–H groups in total. The number of ether oxygens (including phenoxy) is 2. The number of carbonyl (C=O) groups excluding carboxylic acids is 1.